The normalized spacial score (nSPS) is 11.7. The molecule has 108 valence electrons. The molecule has 0 aliphatic rings. The number of aryl methyl sites for hydroxylation is 2. The van der Waals surface area contributed by atoms with Gasteiger partial charge in [-0.05, 0) is 30.2 Å². The van der Waals surface area contributed by atoms with E-state index in [0.29, 0.717) is 5.56 Å². The van der Waals surface area contributed by atoms with Crippen molar-refractivity contribution in [3.8, 4) is 0 Å². The van der Waals surface area contributed by atoms with E-state index in [9.17, 15) is 13.2 Å². The standard InChI is InChI=1S/C12H14N2O4S2/c1-8-5-10(19-11(8)12(15)16)20(17,18)13-6-9-3-4-14(2)7-9/h3-5,7,13H,6H2,1-2H3,(H,15,16). The molecule has 0 unspecified atom stereocenters. The summed E-state index contributed by atoms with van der Waals surface area (Å²) in [7, 11) is -1.84. The Morgan fingerprint density at radius 3 is 2.70 bits per heavy atom. The van der Waals surface area contributed by atoms with Gasteiger partial charge in [0.15, 0.2) is 0 Å². The second-order valence-electron chi connectivity index (χ2n) is 4.39. The van der Waals surface area contributed by atoms with Gasteiger partial charge in [0, 0.05) is 26.0 Å². The molecule has 2 aromatic rings. The molecule has 0 fully saturated rings. The summed E-state index contributed by atoms with van der Waals surface area (Å²) in [5, 5.41) is 8.95. The minimum atomic E-state index is -3.69. The van der Waals surface area contributed by atoms with Crippen LogP contribution in [0.2, 0.25) is 0 Å². The van der Waals surface area contributed by atoms with Gasteiger partial charge >= 0.3 is 5.97 Å². The second kappa shape index (κ2) is 5.39. The maximum Gasteiger partial charge on any atom is 0.346 e. The lowest BCUT2D eigenvalue weighted by Gasteiger charge is -2.02. The van der Waals surface area contributed by atoms with Crippen LogP contribution in [0.15, 0.2) is 28.7 Å². The maximum absolute atomic E-state index is 12.1. The van der Waals surface area contributed by atoms with Crippen LogP contribution in [0.5, 0.6) is 0 Å². The molecule has 6 nitrogen and oxygen atoms in total. The third-order valence-electron chi connectivity index (χ3n) is 2.71. The number of aromatic carboxylic acids is 1. The highest BCUT2D eigenvalue weighted by molar-refractivity contribution is 7.91. The van der Waals surface area contributed by atoms with Crippen molar-refractivity contribution in [3.63, 3.8) is 0 Å². The van der Waals surface area contributed by atoms with Crippen LogP contribution in [0.3, 0.4) is 0 Å². The molecule has 0 saturated heterocycles. The van der Waals surface area contributed by atoms with E-state index >= 15 is 0 Å². The molecule has 0 bridgehead atoms. The molecule has 0 radical (unpaired) electrons. The number of carboxylic acid groups (broad SMARTS) is 1. The topological polar surface area (TPSA) is 88.4 Å². The summed E-state index contributed by atoms with van der Waals surface area (Å²) in [6.45, 7) is 1.75. The quantitative estimate of drug-likeness (QED) is 0.877. The zero-order valence-electron chi connectivity index (χ0n) is 11.0. The number of carboxylic acids is 1. The van der Waals surface area contributed by atoms with Gasteiger partial charge in [0.05, 0.1) is 0 Å². The number of sulfonamides is 1. The molecule has 0 aromatic carbocycles. The number of rotatable bonds is 5. The summed E-state index contributed by atoms with van der Waals surface area (Å²) in [6.07, 6.45) is 3.63. The van der Waals surface area contributed by atoms with E-state index in [1.807, 2.05) is 30.1 Å². The van der Waals surface area contributed by atoms with Crippen LogP contribution in [0, 0.1) is 6.92 Å². The molecule has 0 amide bonds. The van der Waals surface area contributed by atoms with Gasteiger partial charge in [0.2, 0.25) is 10.0 Å². The largest absolute Gasteiger partial charge is 0.477 e. The first-order valence-corrected chi connectivity index (χ1v) is 8.04. The Bertz CT molecular complexity index is 743. The van der Waals surface area contributed by atoms with Gasteiger partial charge in [0.1, 0.15) is 9.09 Å². The van der Waals surface area contributed by atoms with E-state index in [1.54, 1.807) is 6.92 Å². The van der Waals surface area contributed by atoms with E-state index in [2.05, 4.69) is 4.72 Å². The first kappa shape index (κ1) is 14.8. The molecule has 2 rings (SSSR count). The fourth-order valence-corrected chi connectivity index (χ4v) is 4.15. The molecular formula is C12H14N2O4S2. The van der Waals surface area contributed by atoms with E-state index in [4.69, 9.17) is 5.11 Å². The first-order chi connectivity index (χ1) is 9.29. The molecule has 8 heteroatoms. The van der Waals surface area contributed by atoms with E-state index in [1.165, 1.54) is 6.07 Å². The lowest BCUT2D eigenvalue weighted by atomic mass is 10.3. The van der Waals surface area contributed by atoms with Crippen LogP contribution >= 0.6 is 11.3 Å². The second-order valence-corrected chi connectivity index (χ2v) is 7.44. The van der Waals surface area contributed by atoms with Gasteiger partial charge in [-0.3, -0.25) is 0 Å². The highest BCUT2D eigenvalue weighted by Crippen LogP contribution is 2.25. The summed E-state index contributed by atoms with van der Waals surface area (Å²) in [5.74, 6) is -1.11. The van der Waals surface area contributed by atoms with Crippen molar-refractivity contribution >= 4 is 27.3 Å². The molecule has 20 heavy (non-hydrogen) atoms. The van der Waals surface area contributed by atoms with E-state index in [0.717, 1.165) is 16.9 Å². The van der Waals surface area contributed by atoms with Crippen molar-refractivity contribution in [2.75, 3.05) is 0 Å². The molecule has 2 N–H and O–H groups in total. The number of nitrogens with zero attached hydrogens (tertiary/aromatic N) is 1. The predicted octanol–water partition coefficient (Wildman–Crippen LogP) is 1.57. The SMILES string of the molecule is Cc1cc(S(=O)(=O)NCc2ccn(C)c2)sc1C(=O)O. The number of aromatic nitrogens is 1. The highest BCUT2D eigenvalue weighted by atomic mass is 32.2. The lowest BCUT2D eigenvalue weighted by molar-refractivity contribution is 0.0701. The van der Waals surface area contributed by atoms with Gasteiger partial charge in [0.25, 0.3) is 0 Å². The Balaban J connectivity index is 2.18. The summed E-state index contributed by atoms with van der Waals surface area (Å²) >= 11 is 0.760. The van der Waals surface area contributed by atoms with Crippen molar-refractivity contribution in [2.45, 2.75) is 17.7 Å². The van der Waals surface area contributed by atoms with Gasteiger partial charge in [-0.2, -0.15) is 0 Å². The fraction of sp³-hybridized carbons (Fsp3) is 0.250. The molecule has 0 spiro atoms. The summed E-state index contributed by atoms with van der Waals surface area (Å²) in [5.41, 5.74) is 1.28. The lowest BCUT2D eigenvalue weighted by Crippen LogP contribution is -2.22. The predicted molar refractivity (Wildman–Crippen MR) is 75.5 cm³/mol. The number of hydrogen-bond acceptors (Lipinski definition) is 4. The van der Waals surface area contributed by atoms with Crippen molar-refractivity contribution < 1.29 is 18.3 Å². The van der Waals surface area contributed by atoms with Crippen molar-refractivity contribution in [3.05, 3.63) is 40.5 Å². The fourth-order valence-electron chi connectivity index (χ4n) is 1.71. The van der Waals surface area contributed by atoms with Gasteiger partial charge in [-0.1, -0.05) is 0 Å². The molecule has 2 aromatic heterocycles. The van der Waals surface area contributed by atoms with Gasteiger partial charge < -0.3 is 9.67 Å². The zero-order chi connectivity index (χ0) is 14.9. The van der Waals surface area contributed by atoms with Crippen molar-refractivity contribution in [1.82, 2.24) is 9.29 Å². The van der Waals surface area contributed by atoms with Gasteiger partial charge in [-0.25, -0.2) is 17.9 Å². The monoisotopic (exact) mass is 314 g/mol. The highest BCUT2D eigenvalue weighted by Gasteiger charge is 2.21. The molecule has 0 saturated carbocycles. The van der Waals surface area contributed by atoms with Crippen molar-refractivity contribution in [1.29, 1.82) is 0 Å². The van der Waals surface area contributed by atoms with Crippen LogP contribution in [0.25, 0.3) is 0 Å². The Hall–Kier alpha value is -1.64. The van der Waals surface area contributed by atoms with Gasteiger partial charge in [-0.15, -0.1) is 11.3 Å². The third kappa shape index (κ3) is 3.09. The first-order valence-electron chi connectivity index (χ1n) is 5.74. The number of hydrogen-bond donors (Lipinski definition) is 2. The van der Waals surface area contributed by atoms with Crippen LogP contribution in [-0.4, -0.2) is 24.1 Å². The average Bonchev–Trinajstić information content (AvgIpc) is 2.93. The Kier molecular flexibility index (Phi) is 3.98. The van der Waals surface area contributed by atoms with E-state index < -0.39 is 16.0 Å². The maximum atomic E-state index is 12.1. The van der Waals surface area contributed by atoms with Crippen LogP contribution in [-0.2, 0) is 23.6 Å². The van der Waals surface area contributed by atoms with Crippen molar-refractivity contribution in [2.24, 2.45) is 7.05 Å². The minimum absolute atomic E-state index is 0.0170. The number of carbonyl (C=O) groups is 1. The summed E-state index contributed by atoms with van der Waals surface area (Å²) < 4.78 is 28.5. The zero-order valence-corrected chi connectivity index (χ0v) is 12.6. The molecule has 0 aliphatic carbocycles. The number of nitrogens with one attached hydrogen (secondary N) is 1. The van der Waals surface area contributed by atoms with Crippen LogP contribution in [0.1, 0.15) is 20.8 Å². The third-order valence-corrected chi connectivity index (χ3v) is 5.81. The molecule has 0 aliphatic heterocycles. The molecule has 0 atom stereocenters. The molecule has 2 heterocycles. The smallest absolute Gasteiger partial charge is 0.346 e. The Morgan fingerprint density at radius 2 is 2.20 bits per heavy atom. The van der Waals surface area contributed by atoms with Crippen LogP contribution in [0.4, 0.5) is 0 Å². The average molecular weight is 314 g/mol. The summed E-state index contributed by atoms with van der Waals surface area (Å²) in [6, 6.07) is 3.19. The summed E-state index contributed by atoms with van der Waals surface area (Å²) in [4.78, 5) is 11.0. The Labute approximate surface area is 120 Å². The number of thiophene rings is 1. The van der Waals surface area contributed by atoms with Crippen LogP contribution < -0.4 is 4.72 Å². The molecular weight excluding hydrogens is 300 g/mol. The minimum Gasteiger partial charge on any atom is -0.477 e. The Morgan fingerprint density at radius 1 is 1.50 bits per heavy atom. The van der Waals surface area contributed by atoms with E-state index in [-0.39, 0.29) is 15.6 Å².